The number of nitrogens with one attached hydrogen (secondary N) is 1. The molecule has 1 fully saturated rings. The van der Waals surface area contributed by atoms with Gasteiger partial charge in [-0.1, -0.05) is 25.0 Å². The van der Waals surface area contributed by atoms with Gasteiger partial charge in [-0.25, -0.2) is 8.42 Å². The quantitative estimate of drug-likeness (QED) is 0.700. The lowest BCUT2D eigenvalue weighted by Crippen LogP contribution is -2.48. The highest BCUT2D eigenvalue weighted by molar-refractivity contribution is 7.99. The van der Waals surface area contributed by atoms with Crippen LogP contribution < -0.4 is 9.62 Å². The molecule has 7 heteroatoms. The number of sulfonamides is 1. The van der Waals surface area contributed by atoms with E-state index in [2.05, 4.69) is 5.32 Å². The molecule has 0 saturated heterocycles. The summed E-state index contributed by atoms with van der Waals surface area (Å²) in [5.74, 6) is 0.603. The summed E-state index contributed by atoms with van der Waals surface area (Å²) in [5.41, 5.74) is 1.47. The minimum atomic E-state index is -3.56. The molecule has 1 aromatic carbocycles. The lowest BCUT2D eigenvalue weighted by Gasteiger charge is -2.28. The number of hydrogen-bond acceptors (Lipinski definition) is 4. The van der Waals surface area contributed by atoms with Gasteiger partial charge in [0.15, 0.2) is 0 Å². The third-order valence-corrected chi connectivity index (χ3v) is 7.03. The molecule has 0 aromatic heterocycles. The first-order chi connectivity index (χ1) is 11.8. The second-order valence-electron chi connectivity index (χ2n) is 6.64. The molecule has 0 radical (unpaired) electrons. The number of aryl methyl sites for hydroxylation is 1. The number of thioether (sulfide) groups is 1. The third-order valence-electron chi connectivity index (χ3n) is 4.40. The standard InChI is InChI=1S/C18H28N2O3S2/c1-14-7-6-8-16(13-14)20(25(3,22)23)15(2)18(21)19-11-12-24-17-9-4-5-10-17/h6-8,13,15,17H,4-5,9-12H2,1-3H3,(H,19,21). The first-order valence-electron chi connectivity index (χ1n) is 8.74. The number of hydrogen-bond donors (Lipinski definition) is 1. The molecule has 0 spiro atoms. The van der Waals surface area contributed by atoms with E-state index in [4.69, 9.17) is 0 Å². The minimum Gasteiger partial charge on any atom is -0.353 e. The molecule has 0 bridgehead atoms. The lowest BCUT2D eigenvalue weighted by molar-refractivity contribution is -0.121. The van der Waals surface area contributed by atoms with Crippen LogP contribution in [-0.2, 0) is 14.8 Å². The summed E-state index contributed by atoms with van der Waals surface area (Å²) >= 11 is 1.90. The molecule has 25 heavy (non-hydrogen) atoms. The zero-order valence-corrected chi connectivity index (χ0v) is 16.8. The highest BCUT2D eigenvalue weighted by Crippen LogP contribution is 2.29. The van der Waals surface area contributed by atoms with Crippen molar-refractivity contribution in [2.45, 2.75) is 50.8 Å². The molecule has 1 aliphatic carbocycles. The van der Waals surface area contributed by atoms with Crippen LogP contribution in [0.2, 0.25) is 0 Å². The first-order valence-corrected chi connectivity index (χ1v) is 11.6. The van der Waals surface area contributed by atoms with Gasteiger partial charge in [-0.15, -0.1) is 0 Å². The Bertz CT molecular complexity index is 685. The Morgan fingerprint density at radius 1 is 1.36 bits per heavy atom. The molecular formula is C18H28N2O3S2. The highest BCUT2D eigenvalue weighted by Gasteiger charge is 2.29. The normalized spacial score (nSPS) is 16.6. The average molecular weight is 385 g/mol. The molecule has 5 nitrogen and oxygen atoms in total. The fourth-order valence-corrected chi connectivity index (χ4v) is 5.56. The summed E-state index contributed by atoms with van der Waals surface area (Å²) in [6.45, 7) is 4.09. The molecule has 1 aliphatic rings. The molecule has 0 heterocycles. The van der Waals surface area contributed by atoms with E-state index in [0.29, 0.717) is 17.5 Å². The van der Waals surface area contributed by atoms with Gasteiger partial charge in [0.2, 0.25) is 15.9 Å². The zero-order chi connectivity index (χ0) is 18.4. The van der Waals surface area contributed by atoms with E-state index in [1.54, 1.807) is 25.1 Å². The van der Waals surface area contributed by atoms with E-state index in [1.807, 2.05) is 24.8 Å². The largest absolute Gasteiger partial charge is 0.353 e. The second-order valence-corrected chi connectivity index (χ2v) is 9.91. The fourth-order valence-electron chi connectivity index (χ4n) is 3.18. The molecular weight excluding hydrogens is 356 g/mol. The molecule has 1 aromatic rings. The topological polar surface area (TPSA) is 66.5 Å². The summed E-state index contributed by atoms with van der Waals surface area (Å²) in [7, 11) is -3.56. The predicted octanol–water partition coefficient (Wildman–Crippen LogP) is 2.94. The van der Waals surface area contributed by atoms with Gasteiger partial charge < -0.3 is 5.32 Å². The van der Waals surface area contributed by atoms with Gasteiger partial charge >= 0.3 is 0 Å². The Balaban J connectivity index is 1.96. The number of carbonyl (C=O) groups excluding carboxylic acids is 1. The predicted molar refractivity (Wildman–Crippen MR) is 106 cm³/mol. The van der Waals surface area contributed by atoms with E-state index in [-0.39, 0.29) is 5.91 Å². The van der Waals surface area contributed by atoms with Gasteiger partial charge in [-0.05, 0) is 44.4 Å². The van der Waals surface area contributed by atoms with Crippen molar-refractivity contribution in [2.75, 3.05) is 22.9 Å². The van der Waals surface area contributed by atoms with Crippen molar-refractivity contribution >= 4 is 33.4 Å². The number of nitrogens with zero attached hydrogens (tertiary/aromatic N) is 1. The van der Waals surface area contributed by atoms with Crippen molar-refractivity contribution in [3.8, 4) is 0 Å². The van der Waals surface area contributed by atoms with Crippen molar-refractivity contribution in [2.24, 2.45) is 0 Å². The minimum absolute atomic E-state index is 0.265. The summed E-state index contributed by atoms with van der Waals surface area (Å²) in [6.07, 6.45) is 6.28. The summed E-state index contributed by atoms with van der Waals surface area (Å²) in [6, 6.07) is 6.41. The second kappa shape index (κ2) is 8.94. The van der Waals surface area contributed by atoms with Crippen LogP contribution >= 0.6 is 11.8 Å². The Morgan fingerprint density at radius 3 is 2.64 bits per heavy atom. The van der Waals surface area contributed by atoms with Crippen LogP contribution in [0.5, 0.6) is 0 Å². The van der Waals surface area contributed by atoms with Gasteiger partial charge in [0.25, 0.3) is 0 Å². The van der Waals surface area contributed by atoms with Crippen LogP contribution in [0.4, 0.5) is 5.69 Å². The molecule has 2 rings (SSSR count). The van der Waals surface area contributed by atoms with Gasteiger partial charge in [-0.2, -0.15) is 11.8 Å². The Hall–Kier alpha value is -1.21. The van der Waals surface area contributed by atoms with Crippen molar-refractivity contribution in [1.29, 1.82) is 0 Å². The van der Waals surface area contributed by atoms with Gasteiger partial charge in [0, 0.05) is 17.5 Å². The van der Waals surface area contributed by atoms with E-state index < -0.39 is 16.1 Å². The van der Waals surface area contributed by atoms with Gasteiger partial charge in [0.1, 0.15) is 6.04 Å². The molecule has 140 valence electrons. The lowest BCUT2D eigenvalue weighted by atomic mass is 10.2. The van der Waals surface area contributed by atoms with E-state index in [1.165, 1.54) is 30.0 Å². The van der Waals surface area contributed by atoms with Crippen molar-refractivity contribution in [1.82, 2.24) is 5.32 Å². The SMILES string of the molecule is Cc1cccc(N(C(C)C(=O)NCCSC2CCCC2)S(C)(=O)=O)c1. The van der Waals surface area contributed by atoms with Crippen LogP contribution in [-0.4, -0.2) is 44.2 Å². The summed E-state index contributed by atoms with van der Waals surface area (Å²) in [5, 5.41) is 3.59. The van der Waals surface area contributed by atoms with Crippen molar-refractivity contribution < 1.29 is 13.2 Å². The molecule has 1 saturated carbocycles. The number of anilines is 1. The smallest absolute Gasteiger partial charge is 0.243 e. The Morgan fingerprint density at radius 2 is 2.04 bits per heavy atom. The third kappa shape index (κ3) is 5.92. The number of amides is 1. The fraction of sp³-hybridized carbons (Fsp3) is 0.611. The van der Waals surface area contributed by atoms with E-state index >= 15 is 0 Å². The first kappa shape index (κ1) is 20.1. The van der Waals surface area contributed by atoms with Gasteiger partial charge in [0.05, 0.1) is 11.9 Å². The number of rotatable bonds is 8. The molecule has 0 aliphatic heterocycles. The molecule has 1 unspecified atom stereocenters. The van der Waals surface area contributed by atoms with Crippen LogP contribution in [0.25, 0.3) is 0 Å². The average Bonchev–Trinajstić information content (AvgIpc) is 3.03. The monoisotopic (exact) mass is 384 g/mol. The highest BCUT2D eigenvalue weighted by atomic mass is 32.2. The van der Waals surface area contributed by atoms with E-state index in [0.717, 1.165) is 17.6 Å². The maximum absolute atomic E-state index is 12.5. The molecule has 1 atom stereocenters. The number of carbonyl (C=O) groups is 1. The molecule has 1 amide bonds. The maximum atomic E-state index is 12.5. The Kier molecular flexibility index (Phi) is 7.19. The van der Waals surface area contributed by atoms with Crippen LogP contribution in [0.15, 0.2) is 24.3 Å². The van der Waals surface area contributed by atoms with Crippen LogP contribution in [0.3, 0.4) is 0 Å². The summed E-state index contributed by atoms with van der Waals surface area (Å²) in [4.78, 5) is 12.5. The van der Waals surface area contributed by atoms with Crippen LogP contribution in [0.1, 0.15) is 38.2 Å². The van der Waals surface area contributed by atoms with Crippen LogP contribution in [0, 0.1) is 6.92 Å². The number of benzene rings is 1. The zero-order valence-electron chi connectivity index (χ0n) is 15.2. The Labute approximate surface area is 155 Å². The molecule has 1 N–H and O–H groups in total. The summed E-state index contributed by atoms with van der Waals surface area (Å²) < 4.78 is 25.7. The van der Waals surface area contributed by atoms with Gasteiger partial charge in [-0.3, -0.25) is 9.10 Å². The van der Waals surface area contributed by atoms with Crippen molar-refractivity contribution in [3.05, 3.63) is 29.8 Å². The maximum Gasteiger partial charge on any atom is 0.243 e. The van der Waals surface area contributed by atoms with E-state index in [9.17, 15) is 13.2 Å². The van der Waals surface area contributed by atoms with Crippen molar-refractivity contribution in [3.63, 3.8) is 0 Å².